The Hall–Kier alpha value is -2.66. The number of ether oxygens (including phenoxy) is 1. The summed E-state index contributed by atoms with van der Waals surface area (Å²) in [5.74, 6) is -0.672. The lowest BCUT2D eigenvalue weighted by molar-refractivity contribution is 0.0645. The summed E-state index contributed by atoms with van der Waals surface area (Å²) in [6.45, 7) is 3.75. The normalized spacial score (nSPS) is 9.27. The number of amides is 1. The first-order chi connectivity index (χ1) is 10.6. The Morgan fingerprint density at radius 3 is 2.00 bits per heavy atom. The second-order valence-corrected chi connectivity index (χ2v) is 4.43. The highest BCUT2D eigenvalue weighted by atomic mass is 16.6. The summed E-state index contributed by atoms with van der Waals surface area (Å²) in [6, 6.07) is 14.0. The van der Waals surface area contributed by atoms with Gasteiger partial charge in [-0.05, 0) is 44.2 Å². The molecule has 3 N–H and O–H groups in total. The van der Waals surface area contributed by atoms with Crippen LogP contribution in [0, 0.1) is 13.8 Å². The van der Waals surface area contributed by atoms with E-state index < -0.39 is 12.1 Å². The number of hydrogen-bond donors (Lipinski definition) is 2. The molecule has 2 aromatic carbocycles. The van der Waals surface area contributed by atoms with Crippen LogP contribution >= 0.6 is 0 Å². The molecule has 0 saturated carbocycles. The fourth-order valence-electron chi connectivity index (χ4n) is 1.86. The predicted molar refractivity (Wildman–Crippen MR) is 86.9 cm³/mol. The van der Waals surface area contributed by atoms with Crippen LogP contribution in [0.3, 0.4) is 0 Å². The minimum Gasteiger partial charge on any atom is -0.372 e. The molecular weight excluding hydrogens is 280 g/mol. The summed E-state index contributed by atoms with van der Waals surface area (Å²) in [4.78, 5) is 23.5. The molecule has 0 aliphatic rings. The van der Waals surface area contributed by atoms with Gasteiger partial charge in [0.25, 0.3) is 0 Å². The maximum atomic E-state index is 11.7. The molecule has 0 bridgehead atoms. The van der Waals surface area contributed by atoms with Gasteiger partial charge in [0, 0.05) is 5.69 Å². The minimum absolute atomic E-state index is 0.337. The van der Waals surface area contributed by atoms with Crippen LogP contribution in [-0.4, -0.2) is 19.1 Å². The van der Waals surface area contributed by atoms with Gasteiger partial charge in [0.05, 0.1) is 5.56 Å². The van der Waals surface area contributed by atoms with E-state index in [-0.39, 0.29) is 0 Å². The van der Waals surface area contributed by atoms with Crippen LogP contribution in [0.25, 0.3) is 0 Å². The van der Waals surface area contributed by atoms with E-state index in [1.54, 1.807) is 30.3 Å². The van der Waals surface area contributed by atoms with Crippen molar-refractivity contribution in [2.75, 3.05) is 12.4 Å². The lowest BCUT2D eigenvalue weighted by Crippen LogP contribution is -2.19. The molecule has 0 heterocycles. The van der Waals surface area contributed by atoms with Crippen LogP contribution < -0.4 is 11.1 Å². The summed E-state index contributed by atoms with van der Waals surface area (Å²) in [5.41, 5.74) is 7.32. The van der Waals surface area contributed by atoms with E-state index in [4.69, 9.17) is 4.74 Å². The van der Waals surface area contributed by atoms with E-state index in [9.17, 15) is 9.59 Å². The third kappa shape index (κ3) is 4.71. The van der Waals surface area contributed by atoms with E-state index in [1.165, 1.54) is 7.05 Å². The van der Waals surface area contributed by atoms with Crippen molar-refractivity contribution in [3.05, 3.63) is 65.2 Å². The monoisotopic (exact) mass is 300 g/mol. The summed E-state index contributed by atoms with van der Waals surface area (Å²) in [6.07, 6.45) is -0.781. The number of aryl methyl sites for hydroxylation is 2. The average molecular weight is 300 g/mol. The molecule has 1 amide bonds. The molecule has 22 heavy (non-hydrogen) atoms. The molecule has 0 saturated heterocycles. The third-order valence-corrected chi connectivity index (χ3v) is 2.90. The van der Waals surface area contributed by atoms with Crippen LogP contribution in [0.4, 0.5) is 10.5 Å². The highest BCUT2D eigenvalue weighted by Crippen LogP contribution is 2.19. The van der Waals surface area contributed by atoms with E-state index in [1.807, 2.05) is 32.0 Å². The van der Waals surface area contributed by atoms with Gasteiger partial charge in [-0.2, -0.15) is 0 Å². The fraction of sp³-hybridized carbons (Fsp3) is 0.176. The molecule has 0 aliphatic carbocycles. The van der Waals surface area contributed by atoms with Gasteiger partial charge < -0.3 is 10.5 Å². The molecule has 116 valence electrons. The molecule has 2 aromatic rings. The van der Waals surface area contributed by atoms with Crippen molar-refractivity contribution in [3.63, 3.8) is 0 Å². The highest BCUT2D eigenvalue weighted by Gasteiger charge is 2.14. The zero-order valence-electron chi connectivity index (χ0n) is 12.9. The largest absolute Gasteiger partial charge is 0.419 e. The van der Waals surface area contributed by atoms with Crippen LogP contribution in [0.15, 0.2) is 48.5 Å². The van der Waals surface area contributed by atoms with Crippen LogP contribution in [0.2, 0.25) is 0 Å². The van der Waals surface area contributed by atoms with Crippen molar-refractivity contribution in [2.24, 2.45) is 5.73 Å². The molecule has 5 heteroatoms. The summed E-state index contributed by atoms with van der Waals surface area (Å²) in [7, 11) is 1.50. The van der Waals surface area contributed by atoms with Crippen molar-refractivity contribution in [2.45, 2.75) is 13.8 Å². The zero-order valence-corrected chi connectivity index (χ0v) is 12.9. The lowest BCUT2D eigenvalue weighted by atomic mass is 10.1. The number of carbonyl (C=O) groups is 2. The van der Waals surface area contributed by atoms with Crippen molar-refractivity contribution >= 4 is 17.7 Å². The lowest BCUT2D eigenvalue weighted by Gasteiger charge is -2.10. The maximum absolute atomic E-state index is 11.7. The number of esters is 1. The number of hydrogen-bond acceptors (Lipinski definition) is 4. The zero-order chi connectivity index (χ0) is 16.5. The Labute approximate surface area is 130 Å². The van der Waals surface area contributed by atoms with E-state index in [2.05, 4.69) is 11.1 Å². The standard InChI is InChI=1S/C16H15NO3.CH5N/c1-11-7-6-8-12(2)14(11)17-16(19)20-15(18)13-9-4-3-5-10-13;1-2/h3-10H,1-2H3,(H,17,19);2H2,1H3. The van der Waals surface area contributed by atoms with E-state index in [0.29, 0.717) is 11.3 Å². The molecule has 0 atom stereocenters. The predicted octanol–water partition coefficient (Wildman–Crippen LogP) is 3.27. The van der Waals surface area contributed by atoms with Crippen molar-refractivity contribution in [1.29, 1.82) is 0 Å². The molecule has 2 rings (SSSR count). The van der Waals surface area contributed by atoms with Crippen LogP contribution in [0.5, 0.6) is 0 Å². The second-order valence-electron chi connectivity index (χ2n) is 4.43. The molecule has 0 aliphatic heterocycles. The fourth-order valence-corrected chi connectivity index (χ4v) is 1.86. The maximum Gasteiger partial charge on any atom is 0.419 e. The Balaban J connectivity index is 0.00000116. The number of carbonyl (C=O) groups excluding carboxylic acids is 2. The number of nitrogens with two attached hydrogens (primary N) is 1. The van der Waals surface area contributed by atoms with Gasteiger partial charge in [0.15, 0.2) is 0 Å². The van der Waals surface area contributed by atoms with E-state index in [0.717, 1.165) is 11.1 Å². The topological polar surface area (TPSA) is 81.4 Å². The van der Waals surface area contributed by atoms with Crippen LogP contribution in [-0.2, 0) is 4.74 Å². The Bertz CT molecular complexity index is 619. The third-order valence-electron chi connectivity index (χ3n) is 2.90. The number of anilines is 1. The highest BCUT2D eigenvalue weighted by molar-refractivity contribution is 6.00. The summed E-state index contributed by atoms with van der Waals surface area (Å²) in [5, 5.41) is 2.60. The Morgan fingerprint density at radius 2 is 1.45 bits per heavy atom. The number of benzene rings is 2. The number of nitrogens with one attached hydrogen (secondary N) is 1. The van der Waals surface area contributed by atoms with Crippen molar-refractivity contribution in [1.82, 2.24) is 0 Å². The SMILES string of the molecule is CN.Cc1cccc(C)c1NC(=O)OC(=O)c1ccccc1. The summed E-state index contributed by atoms with van der Waals surface area (Å²) >= 11 is 0. The van der Waals surface area contributed by atoms with Crippen LogP contribution in [0.1, 0.15) is 21.5 Å². The molecule has 5 nitrogen and oxygen atoms in total. The Morgan fingerprint density at radius 1 is 0.909 bits per heavy atom. The van der Waals surface area contributed by atoms with Gasteiger partial charge in [0.2, 0.25) is 0 Å². The van der Waals surface area contributed by atoms with Crippen molar-refractivity contribution < 1.29 is 14.3 Å². The smallest absolute Gasteiger partial charge is 0.372 e. The van der Waals surface area contributed by atoms with Gasteiger partial charge in [-0.15, -0.1) is 0 Å². The molecule has 0 radical (unpaired) electrons. The van der Waals surface area contributed by atoms with Gasteiger partial charge in [-0.25, -0.2) is 9.59 Å². The first-order valence-corrected chi connectivity index (χ1v) is 6.80. The molecule has 0 fully saturated rings. The first-order valence-electron chi connectivity index (χ1n) is 6.80. The Kier molecular flexibility index (Phi) is 6.79. The van der Waals surface area contributed by atoms with Gasteiger partial charge in [0.1, 0.15) is 0 Å². The van der Waals surface area contributed by atoms with Crippen molar-refractivity contribution in [3.8, 4) is 0 Å². The van der Waals surface area contributed by atoms with Gasteiger partial charge in [-0.1, -0.05) is 36.4 Å². The van der Waals surface area contributed by atoms with Gasteiger partial charge in [-0.3, -0.25) is 5.32 Å². The minimum atomic E-state index is -0.781. The number of rotatable bonds is 2. The first kappa shape index (κ1) is 17.4. The van der Waals surface area contributed by atoms with Gasteiger partial charge >= 0.3 is 12.1 Å². The second kappa shape index (κ2) is 8.59. The molecule has 0 spiro atoms. The average Bonchev–Trinajstić information content (AvgIpc) is 2.54. The summed E-state index contributed by atoms with van der Waals surface area (Å²) < 4.78 is 4.76. The molecule has 0 aromatic heterocycles. The van der Waals surface area contributed by atoms with E-state index >= 15 is 0 Å². The molecule has 0 unspecified atom stereocenters. The molecular formula is C17H20N2O3. The number of para-hydroxylation sites is 1. The quantitative estimate of drug-likeness (QED) is 0.659.